The first-order valence-corrected chi connectivity index (χ1v) is 8.63. The van der Waals surface area contributed by atoms with Crippen LogP contribution in [0.25, 0.3) is 0 Å². The van der Waals surface area contributed by atoms with E-state index in [2.05, 4.69) is 18.8 Å². The van der Waals surface area contributed by atoms with E-state index in [1.54, 1.807) is 6.20 Å². The molecule has 3 rings (SSSR count). The number of nitrogens with zero attached hydrogens (tertiary/aromatic N) is 2. The van der Waals surface area contributed by atoms with Crippen LogP contribution in [-0.4, -0.2) is 34.9 Å². The Labute approximate surface area is 148 Å². The second-order valence-corrected chi connectivity index (χ2v) is 7.24. The average Bonchev–Trinajstić information content (AvgIpc) is 2.63. The summed E-state index contributed by atoms with van der Waals surface area (Å²) in [6.45, 7) is 6.04. The largest absolute Gasteiger partial charge is 0.487 e. The first-order valence-electron chi connectivity index (χ1n) is 8.63. The lowest BCUT2D eigenvalue weighted by atomic mass is 9.79. The van der Waals surface area contributed by atoms with Crippen molar-refractivity contribution in [2.45, 2.75) is 32.9 Å². The third-order valence-corrected chi connectivity index (χ3v) is 4.81. The van der Waals surface area contributed by atoms with Gasteiger partial charge in [-0.25, -0.2) is 0 Å². The van der Waals surface area contributed by atoms with Crippen LogP contribution in [0.15, 0.2) is 48.7 Å². The molecule has 2 aromatic rings. The summed E-state index contributed by atoms with van der Waals surface area (Å²) in [6, 6.07) is 13.2. The van der Waals surface area contributed by atoms with Gasteiger partial charge in [0.15, 0.2) is 0 Å². The molecule has 1 unspecified atom stereocenters. The van der Waals surface area contributed by atoms with Crippen molar-refractivity contribution in [2.75, 3.05) is 13.1 Å². The molecular weight excluding hydrogens is 314 g/mol. The average molecular weight is 339 g/mol. The summed E-state index contributed by atoms with van der Waals surface area (Å²) >= 11 is 0. The van der Waals surface area contributed by atoms with E-state index in [4.69, 9.17) is 10.5 Å². The van der Waals surface area contributed by atoms with Crippen LogP contribution in [0, 0.1) is 5.41 Å². The Morgan fingerprint density at radius 2 is 2.04 bits per heavy atom. The number of nitrogens with two attached hydrogens (primary N) is 1. The van der Waals surface area contributed by atoms with Gasteiger partial charge in [0.1, 0.15) is 12.4 Å². The van der Waals surface area contributed by atoms with E-state index in [0.29, 0.717) is 25.3 Å². The zero-order chi connectivity index (χ0) is 17.9. The second kappa shape index (κ2) is 7.23. The van der Waals surface area contributed by atoms with Crippen molar-refractivity contribution in [2.24, 2.45) is 11.1 Å². The molecule has 25 heavy (non-hydrogen) atoms. The van der Waals surface area contributed by atoms with Crippen LogP contribution in [0.2, 0.25) is 0 Å². The molecule has 0 bridgehead atoms. The first kappa shape index (κ1) is 17.4. The zero-order valence-corrected chi connectivity index (χ0v) is 14.8. The van der Waals surface area contributed by atoms with Crippen molar-refractivity contribution < 1.29 is 9.53 Å². The van der Waals surface area contributed by atoms with Gasteiger partial charge < -0.3 is 15.4 Å². The number of ether oxygens (including phenoxy) is 1. The lowest BCUT2D eigenvalue weighted by Crippen LogP contribution is -2.53. The number of hydrogen-bond donors (Lipinski definition) is 1. The highest BCUT2D eigenvalue weighted by atomic mass is 16.5. The van der Waals surface area contributed by atoms with Gasteiger partial charge in [-0.2, -0.15) is 0 Å². The molecule has 5 nitrogen and oxygen atoms in total. The summed E-state index contributed by atoms with van der Waals surface area (Å²) in [7, 11) is 0. The summed E-state index contributed by atoms with van der Waals surface area (Å²) in [5.41, 5.74) is 7.65. The monoisotopic (exact) mass is 339 g/mol. The molecule has 132 valence electrons. The molecular formula is C20H25N3O2. The lowest BCUT2D eigenvalue weighted by molar-refractivity contribution is 0.0533. The summed E-state index contributed by atoms with van der Waals surface area (Å²) in [4.78, 5) is 18.8. The van der Waals surface area contributed by atoms with Gasteiger partial charge in [0.25, 0.3) is 5.91 Å². The van der Waals surface area contributed by atoms with Crippen molar-refractivity contribution in [3.63, 3.8) is 0 Å². The second-order valence-electron chi connectivity index (χ2n) is 7.24. The summed E-state index contributed by atoms with van der Waals surface area (Å²) < 4.78 is 5.72. The molecule has 5 heteroatoms. The van der Waals surface area contributed by atoms with E-state index in [0.717, 1.165) is 17.9 Å². The van der Waals surface area contributed by atoms with Gasteiger partial charge in [-0.15, -0.1) is 0 Å². The van der Waals surface area contributed by atoms with Crippen molar-refractivity contribution in [1.82, 2.24) is 9.88 Å². The van der Waals surface area contributed by atoms with Crippen LogP contribution >= 0.6 is 0 Å². The molecule has 1 amide bonds. The summed E-state index contributed by atoms with van der Waals surface area (Å²) in [5, 5.41) is 0. The van der Waals surface area contributed by atoms with Crippen LogP contribution in [0.3, 0.4) is 0 Å². The van der Waals surface area contributed by atoms with Crippen LogP contribution in [0.4, 0.5) is 0 Å². The molecule has 1 saturated heterocycles. The Morgan fingerprint density at radius 3 is 2.68 bits per heavy atom. The van der Waals surface area contributed by atoms with Crippen molar-refractivity contribution in [3.8, 4) is 5.75 Å². The molecule has 1 aromatic carbocycles. The van der Waals surface area contributed by atoms with Gasteiger partial charge in [-0.05, 0) is 48.2 Å². The van der Waals surface area contributed by atoms with Gasteiger partial charge in [0, 0.05) is 30.9 Å². The molecule has 0 spiro atoms. The number of benzene rings is 1. The molecule has 1 atom stereocenters. The third kappa shape index (κ3) is 4.17. The van der Waals surface area contributed by atoms with E-state index in [1.807, 2.05) is 47.4 Å². The molecule has 0 saturated carbocycles. The molecule has 0 aliphatic carbocycles. The number of aromatic nitrogens is 1. The van der Waals surface area contributed by atoms with Crippen molar-refractivity contribution >= 4 is 5.91 Å². The molecule has 2 N–H and O–H groups in total. The normalized spacial score (nSPS) is 19.5. The Hall–Kier alpha value is -2.40. The zero-order valence-electron chi connectivity index (χ0n) is 14.8. The Balaban J connectivity index is 1.61. The minimum Gasteiger partial charge on any atom is -0.487 e. The fourth-order valence-corrected chi connectivity index (χ4v) is 3.06. The predicted octanol–water partition coefficient (Wildman–Crippen LogP) is 2.86. The van der Waals surface area contributed by atoms with E-state index in [1.165, 1.54) is 0 Å². The quantitative estimate of drug-likeness (QED) is 0.930. The lowest BCUT2D eigenvalue weighted by Gasteiger charge is -2.42. The Kier molecular flexibility index (Phi) is 5.04. The van der Waals surface area contributed by atoms with Crippen LogP contribution < -0.4 is 10.5 Å². The van der Waals surface area contributed by atoms with Crippen LogP contribution in [0.5, 0.6) is 5.75 Å². The van der Waals surface area contributed by atoms with E-state index in [9.17, 15) is 4.79 Å². The van der Waals surface area contributed by atoms with Gasteiger partial charge in [-0.3, -0.25) is 9.78 Å². The number of likely N-dealkylation sites (tertiary alicyclic amines) is 1. The minimum absolute atomic E-state index is 0.0521. The van der Waals surface area contributed by atoms with Crippen LogP contribution in [0.1, 0.15) is 36.3 Å². The molecule has 1 aromatic heterocycles. The maximum Gasteiger partial charge on any atom is 0.253 e. The minimum atomic E-state index is -0.0559. The fraction of sp³-hybridized carbons (Fsp3) is 0.400. The number of pyridine rings is 1. The van der Waals surface area contributed by atoms with E-state index >= 15 is 0 Å². The maximum atomic E-state index is 12.7. The SMILES string of the molecule is CC1(C)CN(C(=O)c2ccc(OCc3ccccn3)cc2)CCC1N. The molecule has 1 aliphatic rings. The standard InChI is InChI=1S/C20H25N3O2/c1-20(2)14-23(12-10-18(20)21)19(24)15-6-8-17(9-7-15)25-13-16-5-3-4-11-22-16/h3-9,11,18H,10,12-14,21H2,1-2H3. The van der Waals surface area contributed by atoms with Gasteiger partial charge >= 0.3 is 0 Å². The first-order chi connectivity index (χ1) is 12.0. The number of piperidine rings is 1. The smallest absolute Gasteiger partial charge is 0.253 e. The summed E-state index contributed by atoms with van der Waals surface area (Å²) in [6.07, 6.45) is 2.58. The third-order valence-electron chi connectivity index (χ3n) is 4.81. The van der Waals surface area contributed by atoms with E-state index < -0.39 is 0 Å². The number of rotatable bonds is 4. The molecule has 2 heterocycles. The number of carbonyl (C=O) groups excluding carboxylic acids is 1. The highest BCUT2D eigenvalue weighted by molar-refractivity contribution is 5.94. The topological polar surface area (TPSA) is 68.5 Å². The van der Waals surface area contributed by atoms with Crippen LogP contribution in [-0.2, 0) is 6.61 Å². The summed E-state index contributed by atoms with van der Waals surface area (Å²) in [5.74, 6) is 0.777. The van der Waals surface area contributed by atoms with E-state index in [-0.39, 0.29) is 17.4 Å². The molecule has 1 fully saturated rings. The van der Waals surface area contributed by atoms with Crippen molar-refractivity contribution in [1.29, 1.82) is 0 Å². The van der Waals surface area contributed by atoms with Gasteiger partial charge in [0.05, 0.1) is 5.69 Å². The van der Waals surface area contributed by atoms with Gasteiger partial charge in [0.2, 0.25) is 0 Å². The number of amides is 1. The Bertz CT molecular complexity index is 713. The highest BCUT2D eigenvalue weighted by Crippen LogP contribution is 2.28. The number of hydrogen-bond acceptors (Lipinski definition) is 4. The number of carbonyl (C=O) groups is 1. The van der Waals surface area contributed by atoms with Crippen molar-refractivity contribution in [3.05, 3.63) is 59.9 Å². The Morgan fingerprint density at radius 1 is 1.28 bits per heavy atom. The van der Waals surface area contributed by atoms with Gasteiger partial charge in [-0.1, -0.05) is 19.9 Å². The predicted molar refractivity (Wildman–Crippen MR) is 97.3 cm³/mol. The fourth-order valence-electron chi connectivity index (χ4n) is 3.06. The maximum absolute atomic E-state index is 12.7. The molecule has 1 aliphatic heterocycles. The highest BCUT2D eigenvalue weighted by Gasteiger charge is 2.35. The molecule has 0 radical (unpaired) electrons.